The first-order valence-electron chi connectivity index (χ1n) is 7.76. The Morgan fingerprint density at radius 3 is 2.65 bits per heavy atom. The highest BCUT2D eigenvalue weighted by Crippen LogP contribution is 2.25. The van der Waals surface area contributed by atoms with Crippen molar-refractivity contribution in [3.05, 3.63) is 29.8 Å². The largest absolute Gasteiger partial charge is 0.328 e. The smallest absolute Gasteiger partial charge is 0.227 e. The number of benzene rings is 1. The first-order valence-corrected chi connectivity index (χ1v) is 7.76. The Balaban J connectivity index is 1.94. The van der Waals surface area contributed by atoms with Gasteiger partial charge in [-0.1, -0.05) is 32.4 Å². The summed E-state index contributed by atoms with van der Waals surface area (Å²) in [5.74, 6) is 0.764. The molecule has 3 unspecified atom stereocenters. The van der Waals surface area contributed by atoms with Gasteiger partial charge in [-0.15, -0.1) is 0 Å². The minimum absolute atomic E-state index is 0.0768. The number of anilines is 1. The quantitative estimate of drug-likeness (QED) is 0.880. The Bertz CT molecular complexity index is 441. The van der Waals surface area contributed by atoms with Crippen molar-refractivity contribution in [2.24, 2.45) is 11.7 Å². The van der Waals surface area contributed by atoms with Crippen molar-refractivity contribution < 1.29 is 4.79 Å². The summed E-state index contributed by atoms with van der Waals surface area (Å²) in [5, 5.41) is 3.02. The van der Waals surface area contributed by atoms with Gasteiger partial charge in [0.2, 0.25) is 5.91 Å². The number of nitrogens with two attached hydrogens (primary N) is 1. The summed E-state index contributed by atoms with van der Waals surface area (Å²) in [6.07, 6.45) is 5.02. The molecule has 20 heavy (non-hydrogen) atoms. The molecule has 0 bridgehead atoms. The number of carbonyl (C=O) groups is 1. The molecule has 2 rings (SSSR count). The van der Waals surface area contributed by atoms with E-state index in [9.17, 15) is 4.79 Å². The van der Waals surface area contributed by atoms with Gasteiger partial charge in [0.15, 0.2) is 0 Å². The lowest BCUT2D eigenvalue weighted by Gasteiger charge is -2.25. The Morgan fingerprint density at radius 1 is 1.35 bits per heavy atom. The zero-order chi connectivity index (χ0) is 14.5. The molecule has 0 aliphatic heterocycles. The number of carbonyl (C=O) groups excluding carboxylic acids is 1. The topological polar surface area (TPSA) is 55.1 Å². The third-order valence-corrected chi connectivity index (χ3v) is 4.45. The van der Waals surface area contributed by atoms with E-state index in [1.54, 1.807) is 0 Å². The van der Waals surface area contributed by atoms with Gasteiger partial charge in [-0.2, -0.15) is 0 Å². The molecule has 0 radical (unpaired) electrons. The summed E-state index contributed by atoms with van der Waals surface area (Å²) in [6.45, 7) is 4.41. The molecule has 0 spiro atoms. The van der Waals surface area contributed by atoms with Gasteiger partial charge < -0.3 is 11.1 Å². The lowest BCUT2D eigenvalue weighted by Crippen LogP contribution is -2.34. The van der Waals surface area contributed by atoms with E-state index >= 15 is 0 Å². The van der Waals surface area contributed by atoms with Crippen LogP contribution >= 0.6 is 0 Å². The lowest BCUT2D eigenvalue weighted by molar-refractivity contribution is -0.120. The molecule has 1 aromatic rings. The van der Waals surface area contributed by atoms with Gasteiger partial charge >= 0.3 is 0 Å². The molecule has 110 valence electrons. The van der Waals surface area contributed by atoms with Crippen molar-refractivity contribution in [2.45, 2.75) is 57.9 Å². The van der Waals surface area contributed by atoms with Gasteiger partial charge in [-0.05, 0) is 49.3 Å². The molecule has 0 heterocycles. The summed E-state index contributed by atoms with van der Waals surface area (Å²) in [6, 6.07) is 8.41. The summed E-state index contributed by atoms with van der Waals surface area (Å²) in [5.41, 5.74) is 8.16. The van der Waals surface area contributed by atoms with E-state index < -0.39 is 0 Å². The zero-order valence-electron chi connectivity index (χ0n) is 12.6. The van der Waals surface area contributed by atoms with Gasteiger partial charge in [-0.3, -0.25) is 4.79 Å². The van der Waals surface area contributed by atoms with Crippen molar-refractivity contribution in [3.8, 4) is 0 Å². The molecule has 0 saturated heterocycles. The monoisotopic (exact) mass is 274 g/mol. The fourth-order valence-electron chi connectivity index (χ4n) is 2.84. The van der Waals surface area contributed by atoms with Crippen molar-refractivity contribution in [1.82, 2.24) is 0 Å². The van der Waals surface area contributed by atoms with Crippen LogP contribution in [-0.2, 0) is 4.79 Å². The molecule has 1 saturated carbocycles. The number of hydrogen-bond acceptors (Lipinski definition) is 2. The normalized spacial score (nSPS) is 24.1. The van der Waals surface area contributed by atoms with Crippen LogP contribution < -0.4 is 11.1 Å². The highest BCUT2D eigenvalue weighted by Gasteiger charge is 2.25. The number of hydrogen-bond donors (Lipinski definition) is 2. The van der Waals surface area contributed by atoms with Crippen LogP contribution in [0.5, 0.6) is 0 Å². The second kappa shape index (κ2) is 6.89. The van der Waals surface area contributed by atoms with Gasteiger partial charge in [0, 0.05) is 17.6 Å². The third-order valence-electron chi connectivity index (χ3n) is 4.45. The molecule has 3 heteroatoms. The van der Waals surface area contributed by atoms with Gasteiger partial charge in [0.25, 0.3) is 0 Å². The predicted octanol–water partition coefficient (Wildman–Crippen LogP) is 3.66. The molecule has 3 N–H and O–H groups in total. The maximum atomic E-state index is 12.2. The average Bonchev–Trinajstić information content (AvgIpc) is 2.47. The lowest BCUT2D eigenvalue weighted by atomic mass is 9.85. The standard InChI is InChI=1S/C17H26N2O/c1-3-12(2)13-7-9-16(10-8-13)19-17(20)14-5-4-6-15(18)11-14/h7-10,12,14-15H,3-6,11,18H2,1-2H3,(H,19,20). The first-order chi connectivity index (χ1) is 9.60. The van der Waals surface area contributed by atoms with E-state index in [1.165, 1.54) is 5.56 Å². The van der Waals surface area contributed by atoms with Crippen LogP contribution in [0.15, 0.2) is 24.3 Å². The van der Waals surface area contributed by atoms with Crippen LogP contribution in [-0.4, -0.2) is 11.9 Å². The molecule has 1 aliphatic rings. The first kappa shape index (κ1) is 15.0. The fraction of sp³-hybridized carbons (Fsp3) is 0.588. The number of nitrogens with one attached hydrogen (secondary N) is 1. The minimum Gasteiger partial charge on any atom is -0.328 e. The van der Waals surface area contributed by atoms with E-state index in [4.69, 9.17) is 5.73 Å². The second-order valence-corrected chi connectivity index (χ2v) is 6.04. The Hall–Kier alpha value is -1.35. The van der Waals surface area contributed by atoms with Crippen LogP contribution in [0.2, 0.25) is 0 Å². The second-order valence-electron chi connectivity index (χ2n) is 6.04. The maximum Gasteiger partial charge on any atom is 0.227 e. The molecule has 1 amide bonds. The van der Waals surface area contributed by atoms with Gasteiger partial charge in [0.1, 0.15) is 0 Å². The Kier molecular flexibility index (Phi) is 5.18. The van der Waals surface area contributed by atoms with E-state index in [0.29, 0.717) is 5.92 Å². The summed E-state index contributed by atoms with van der Waals surface area (Å²) in [4.78, 5) is 12.2. The Labute approximate surface area is 121 Å². The predicted molar refractivity (Wildman–Crippen MR) is 83.7 cm³/mol. The average molecular weight is 274 g/mol. The van der Waals surface area contributed by atoms with Gasteiger partial charge in [0.05, 0.1) is 0 Å². The minimum atomic E-state index is 0.0768. The SMILES string of the molecule is CCC(C)c1ccc(NC(=O)C2CCCC(N)C2)cc1. The number of amides is 1. The molecule has 0 aromatic heterocycles. The highest BCUT2D eigenvalue weighted by atomic mass is 16.1. The molecular weight excluding hydrogens is 248 g/mol. The van der Waals surface area contributed by atoms with Crippen molar-refractivity contribution in [2.75, 3.05) is 5.32 Å². The summed E-state index contributed by atoms with van der Waals surface area (Å²) >= 11 is 0. The van der Waals surface area contributed by atoms with Crippen LogP contribution in [0.3, 0.4) is 0 Å². The molecule has 3 nitrogen and oxygen atoms in total. The van der Waals surface area contributed by atoms with Gasteiger partial charge in [-0.25, -0.2) is 0 Å². The molecule has 1 aromatic carbocycles. The van der Waals surface area contributed by atoms with Crippen LogP contribution in [0.25, 0.3) is 0 Å². The van der Waals surface area contributed by atoms with Crippen LogP contribution in [0.4, 0.5) is 5.69 Å². The molecule has 1 aliphatic carbocycles. The molecule has 3 atom stereocenters. The van der Waals surface area contributed by atoms with E-state index in [-0.39, 0.29) is 17.9 Å². The number of rotatable bonds is 4. The van der Waals surface area contributed by atoms with Crippen molar-refractivity contribution >= 4 is 11.6 Å². The maximum absolute atomic E-state index is 12.2. The Morgan fingerprint density at radius 2 is 2.05 bits per heavy atom. The van der Waals surface area contributed by atoms with E-state index in [0.717, 1.165) is 37.8 Å². The summed E-state index contributed by atoms with van der Waals surface area (Å²) < 4.78 is 0. The highest BCUT2D eigenvalue weighted by molar-refractivity contribution is 5.92. The van der Waals surface area contributed by atoms with Crippen LogP contribution in [0, 0.1) is 5.92 Å². The summed E-state index contributed by atoms with van der Waals surface area (Å²) in [7, 11) is 0. The van der Waals surface area contributed by atoms with E-state index in [2.05, 4.69) is 31.3 Å². The van der Waals surface area contributed by atoms with E-state index in [1.807, 2.05) is 12.1 Å². The van der Waals surface area contributed by atoms with Crippen LogP contribution in [0.1, 0.15) is 57.4 Å². The zero-order valence-corrected chi connectivity index (χ0v) is 12.6. The molecule has 1 fully saturated rings. The third kappa shape index (κ3) is 3.83. The van der Waals surface area contributed by atoms with Crippen molar-refractivity contribution in [3.63, 3.8) is 0 Å². The van der Waals surface area contributed by atoms with Crippen molar-refractivity contribution in [1.29, 1.82) is 0 Å². The fourth-order valence-corrected chi connectivity index (χ4v) is 2.84. The molecular formula is C17H26N2O.